The third-order valence-electron chi connectivity index (χ3n) is 5.57. The van der Waals surface area contributed by atoms with E-state index in [0.29, 0.717) is 31.2 Å². The normalized spacial score (nSPS) is 14.4. The van der Waals surface area contributed by atoms with Crippen LogP contribution in [0.1, 0.15) is 34.4 Å². The average Bonchev–Trinajstić information content (AvgIpc) is 3.29. The van der Waals surface area contributed by atoms with Gasteiger partial charge in [-0.15, -0.1) is 0 Å². The molecule has 168 valence electrons. The average molecular weight is 435 g/mol. The lowest BCUT2D eigenvalue weighted by atomic mass is 10.1. The maximum atomic E-state index is 12.8. The van der Waals surface area contributed by atoms with E-state index in [1.807, 2.05) is 36.1 Å². The van der Waals surface area contributed by atoms with E-state index in [9.17, 15) is 4.79 Å². The molecule has 2 aromatic carbocycles. The minimum atomic E-state index is -0.0627. The van der Waals surface area contributed by atoms with Crippen LogP contribution < -0.4 is 9.47 Å². The molecule has 1 aliphatic heterocycles. The number of hydrogen-bond donors (Lipinski definition) is 0. The first kappa shape index (κ1) is 22.0. The van der Waals surface area contributed by atoms with Gasteiger partial charge in [0.05, 0.1) is 6.61 Å². The van der Waals surface area contributed by atoms with Gasteiger partial charge in [0.25, 0.3) is 5.91 Å². The number of piperazine rings is 1. The Kier molecular flexibility index (Phi) is 7.12. The molecule has 1 aliphatic rings. The van der Waals surface area contributed by atoms with Gasteiger partial charge in [0.15, 0.2) is 5.76 Å². The highest BCUT2D eigenvalue weighted by molar-refractivity contribution is 5.91. The molecule has 0 bridgehead atoms. The summed E-state index contributed by atoms with van der Waals surface area (Å²) in [7, 11) is 0. The van der Waals surface area contributed by atoms with Crippen LogP contribution in [0.3, 0.4) is 0 Å². The van der Waals surface area contributed by atoms with Crippen molar-refractivity contribution in [1.82, 2.24) is 9.80 Å². The number of rotatable bonds is 8. The first-order chi connectivity index (χ1) is 15.6. The van der Waals surface area contributed by atoms with Gasteiger partial charge in [-0.3, -0.25) is 9.69 Å². The second kappa shape index (κ2) is 10.4. The third-order valence-corrected chi connectivity index (χ3v) is 5.57. The fourth-order valence-corrected chi connectivity index (χ4v) is 3.74. The molecule has 0 aliphatic carbocycles. The number of benzene rings is 2. The van der Waals surface area contributed by atoms with Crippen molar-refractivity contribution in [2.75, 3.05) is 32.8 Å². The Morgan fingerprint density at radius 2 is 1.53 bits per heavy atom. The van der Waals surface area contributed by atoms with Crippen LogP contribution >= 0.6 is 0 Å². The SMILES string of the molecule is CCOc1ccc(OCc2ccc(C(=O)N3CCN(Cc4ccc(C)cc4)CC3)o2)cc1. The lowest BCUT2D eigenvalue weighted by Gasteiger charge is -2.34. The summed E-state index contributed by atoms with van der Waals surface area (Å²) in [6.45, 7) is 8.97. The third kappa shape index (κ3) is 5.71. The van der Waals surface area contributed by atoms with Gasteiger partial charge >= 0.3 is 0 Å². The molecule has 1 aromatic heterocycles. The summed E-state index contributed by atoms with van der Waals surface area (Å²) in [6.07, 6.45) is 0. The molecule has 0 N–H and O–H groups in total. The Morgan fingerprint density at radius 1 is 0.875 bits per heavy atom. The highest BCUT2D eigenvalue weighted by Crippen LogP contribution is 2.20. The molecule has 6 nitrogen and oxygen atoms in total. The molecule has 1 saturated heterocycles. The molecular weight excluding hydrogens is 404 g/mol. The van der Waals surface area contributed by atoms with Crippen molar-refractivity contribution < 1.29 is 18.7 Å². The number of ether oxygens (including phenoxy) is 2. The van der Waals surface area contributed by atoms with E-state index in [1.165, 1.54) is 11.1 Å². The molecule has 2 heterocycles. The van der Waals surface area contributed by atoms with Crippen molar-refractivity contribution >= 4 is 5.91 Å². The predicted octanol–water partition coefficient (Wildman–Crippen LogP) is 4.52. The minimum absolute atomic E-state index is 0.0627. The quantitative estimate of drug-likeness (QED) is 0.522. The summed E-state index contributed by atoms with van der Waals surface area (Å²) in [4.78, 5) is 17.1. The van der Waals surface area contributed by atoms with E-state index >= 15 is 0 Å². The van der Waals surface area contributed by atoms with Crippen LogP contribution in [0, 0.1) is 6.92 Å². The molecule has 3 aromatic rings. The topological polar surface area (TPSA) is 55.2 Å². The number of carbonyl (C=O) groups excluding carboxylic acids is 1. The number of hydrogen-bond acceptors (Lipinski definition) is 5. The highest BCUT2D eigenvalue weighted by atomic mass is 16.5. The van der Waals surface area contributed by atoms with Crippen molar-refractivity contribution in [2.24, 2.45) is 0 Å². The first-order valence-electron chi connectivity index (χ1n) is 11.1. The number of carbonyl (C=O) groups is 1. The molecule has 6 heteroatoms. The molecule has 0 unspecified atom stereocenters. The highest BCUT2D eigenvalue weighted by Gasteiger charge is 2.24. The summed E-state index contributed by atoms with van der Waals surface area (Å²) in [6, 6.07) is 19.6. The van der Waals surface area contributed by atoms with Crippen molar-refractivity contribution in [3.8, 4) is 11.5 Å². The fraction of sp³-hybridized carbons (Fsp3) is 0.346. The van der Waals surface area contributed by atoms with Gasteiger partial charge in [0, 0.05) is 32.7 Å². The van der Waals surface area contributed by atoms with Crippen molar-refractivity contribution in [3.63, 3.8) is 0 Å². The zero-order valence-corrected chi connectivity index (χ0v) is 18.8. The molecule has 0 radical (unpaired) electrons. The molecule has 1 amide bonds. The van der Waals surface area contributed by atoms with Crippen molar-refractivity contribution in [3.05, 3.63) is 83.3 Å². The van der Waals surface area contributed by atoms with Gasteiger partial charge < -0.3 is 18.8 Å². The van der Waals surface area contributed by atoms with E-state index in [2.05, 4.69) is 36.1 Å². The van der Waals surface area contributed by atoms with Gasteiger partial charge in [-0.1, -0.05) is 29.8 Å². The van der Waals surface area contributed by atoms with Crippen LogP contribution in [0.2, 0.25) is 0 Å². The molecule has 0 spiro atoms. The van der Waals surface area contributed by atoms with Gasteiger partial charge in [-0.25, -0.2) is 0 Å². The van der Waals surface area contributed by atoms with Crippen LogP contribution in [-0.2, 0) is 13.2 Å². The Balaban J connectivity index is 1.25. The minimum Gasteiger partial charge on any atom is -0.494 e. The summed E-state index contributed by atoms with van der Waals surface area (Å²) in [5, 5.41) is 0. The maximum Gasteiger partial charge on any atom is 0.289 e. The first-order valence-corrected chi connectivity index (χ1v) is 11.1. The van der Waals surface area contributed by atoms with E-state index in [1.54, 1.807) is 12.1 Å². The molecule has 4 rings (SSSR count). The lowest BCUT2D eigenvalue weighted by Crippen LogP contribution is -2.48. The van der Waals surface area contributed by atoms with Gasteiger partial charge in [0.2, 0.25) is 0 Å². The molecule has 0 atom stereocenters. The Hall–Kier alpha value is -3.25. The smallest absolute Gasteiger partial charge is 0.289 e. The molecule has 32 heavy (non-hydrogen) atoms. The lowest BCUT2D eigenvalue weighted by molar-refractivity contribution is 0.0594. The number of amides is 1. The van der Waals surface area contributed by atoms with E-state index < -0.39 is 0 Å². The fourth-order valence-electron chi connectivity index (χ4n) is 3.74. The Bertz CT molecular complexity index is 1000. The second-order valence-corrected chi connectivity index (χ2v) is 8.01. The summed E-state index contributed by atoms with van der Waals surface area (Å²) in [5.41, 5.74) is 2.57. The summed E-state index contributed by atoms with van der Waals surface area (Å²) >= 11 is 0. The van der Waals surface area contributed by atoms with E-state index in [-0.39, 0.29) is 12.5 Å². The van der Waals surface area contributed by atoms with Gasteiger partial charge in [-0.2, -0.15) is 0 Å². The van der Waals surface area contributed by atoms with Crippen LogP contribution in [0.25, 0.3) is 0 Å². The number of furan rings is 1. The largest absolute Gasteiger partial charge is 0.494 e. The van der Waals surface area contributed by atoms with Crippen LogP contribution in [0.15, 0.2) is 65.1 Å². The maximum absolute atomic E-state index is 12.8. The van der Waals surface area contributed by atoms with E-state index in [0.717, 1.165) is 31.1 Å². The molecule has 0 saturated carbocycles. The molecular formula is C26H30N2O4. The molecule has 1 fully saturated rings. The number of nitrogens with zero attached hydrogens (tertiary/aromatic N) is 2. The van der Waals surface area contributed by atoms with Gasteiger partial charge in [0.1, 0.15) is 23.9 Å². The van der Waals surface area contributed by atoms with Crippen molar-refractivity contribution in [1.29, 1.82) is 0 Å². The zero-order valence-electron chi connectivity index (χ0n) is 18.8. The second-order valence-electron chi connectivity index (χ2n) is 8.01. The van der Waals surface area contributed by atoms with Crippen molar-refractivity contribution in [2.45, 2.75) is 27.0 Å². The summed E-state index contributed by atoms with van der Waals surface area (Å²) < 4.78 is 17.0. The number of aryl methyl sites for hydroxylation is 1. The van der Waals surface area contributed by atoms with Gasteiger partial charge in [-0.05, 0) is 55.8 Å². The van der Waals surface area contributed by atoms with Crippen LogP contribution in [0.5, 0.6) is 11.5 Å². The van der Waals surface area contributed by atoms with E-state index in [4.69, 9.17) is 13.9 Å². The Morgan fingerprint density at radius 3 is 2.19 bits per heavy atom. The van der Waals surface area contributed by atoms with Crippen LogP contribution in [-0.4, -0.2) is 48.5 Å². The Labute approximate surface area is 189 Å². The standard InChI is InChI=1S/C26H30N2O4/c1-3-30-22-8-10-23(11-9-22)31-19-24-12-13-25(32-24)26(29)28-16-14-27(15-17-28)18-21-6-4-20(2)5-7-21/h4-13H,3,14-19H2,1-2H3. The summed E-state index contributed by atoms with van der Waals surface area (Å²) in [5.74, 6) is 2.46. The monoisotopic (exact) mass is 434 g/mol. The predicted molar refractivity (Wildman–Crippen MR) is 123 cm³/mol. The van der Waals surface area contributed by atoms with Crippen LogP contribution in [0.4, 0.5) is 0 Å². The zero-order chi connectivity index (χ0) is 22.3.